The van der Waals surface area contributed by atoms with Gasteiger partial charge in [0.2, 0.25) is 0 Å². The summed E-state index contributed by atoms with van der Waals surface area (Å²) in [6, 6.07) is 2.31. The van der Waals surface area contributed by atoms with Crippen LogP contribution in [0, 0.1) is 5.82 Å². The minimum Gasteiger partial charge on any atom is -0.304 e. The molecule has 1 aliphatic rings. The first-order chi connectivity index (χ1) is 6.16. The molecule has 2 N–H and O–H groups in total. The molecule has 1 aromatic rings. The fourth-order valence-corrected chi connectivity index (χ4v) is 1.95. The zero-order valence-electron chi connectivity index (χ0n) is 6.23. The Hall–Kier alpha value is -0.940. The predicted octanol–water partition coefficient (Wildman–Crippen LogP) is 2.62. The zero-order chi connectivity index (χ0) is 9.42. The number of fused-ring (bicyclic) bond motifs is 1. The molecule has 0 aromatic heterocycles. The van der Waals surface area contributed by atoms with Gasteiger partial charge in [-0.1, -0.05) is 11.6 Å². The average molecular weight is 219 g/mol. The molecule has 1 aliphatic heterocycles. The van der Waals surface area contributed by atoms with Crippen molar-refractivity contribution in [3.8, 4) is 0 Å². The third-order valence-corrected chi connectivity index (χ3v) is 2.56. The van der Waals surface area contributed by atoms with E-state index in [4.69, 9.17) is 11.6 Å². The minimum atomic E-state index is -0.523. The Kier molecular flexibility index (Phi) is 2.05. The lowest BCUT2D eigenvalue weighted by Crippen LogP contribution is -2.27. The first-order valence-electron chi connectivity index (χ1n) is 3.40. The van der Waals surface area contributed by atoms with Crippen LogP contribution < -0.4 is 10.0 Å². The highest BCUT2D eigenvalue weighted by Gasteiger charge is 2.18. The normalized spacial score (nSPS) is 14.5. The maximum Gasteiger partial charge on any atom is 0.329 e. The van der Waals surface area contributed by atoms with E-state index in [1.807, 2.05) is 0 Å². The van der Waals surface area contributed by atoms with Gasteiger partial charge in [0, 0.05) is 5.02 Å². The summed E-state index contributed by atoms with van der Waals surface area (Å²) >= 11 is 6.66. The molecule has 0 bridgehead atoms. The second kappa shape index (κ2) is 3.08. The molecule has 0 aliphatic carbocycles. The standard InChI is InChI=1S/C7H4ClFN2OS/c8-3-1-4(9)6-5(2-3)13-11-7(12)10-6/h1-2H,(H2,10,11,12). The van der Waals surface area contributed by atoms with E-state index in [9.17, 15) is 9.18 Å². The van der Waals surface area contributed by atoms with Gasteiger partial charge in [0.15, 0.2) is 0 Å². The molecule has 0 saturated heterocycles. The Morgan fingerprint density at radius 2 is 2.23 bits per heavy atom. The van der Waals surface area contributed by atoms with Crippen LogP contribution in [0.25, 0.3) is 0 Å². The van der Waals surface area contributed by atoms with Crippen LogP contribution in [0.5, 0.6) is 0 Å². The largest absolute Gasteiger partial charge is 0.329 e. The fraction of sp³-hybridized carbons (Fsp3) is 0. The molecule has 0 radical (unpaired) electrons. The number of amides is 2. The fourth-order valence-electron chi connectivity index (χ4n) is 0.992. The molecule has 68 valence electrons. The topological polar surface area (TPSA) is 41.1 Å². The summed E-state index contributed by atoms with van der Waals surface area (Å²) in [5, 5.41) is 2.66. The Balaban J connectivity index is 2.53. The number of benzene rings is 1. The van der Waals surface area contributed by atoms with Gasteiger partial charge in [-0.25, -0.2) is 9.18 Å². The molecule has 0 fully saturated rings. The van der Waals surface area contributed by atoms with Gasteiger partial charge in [-0.05, 0) is 24.1 Å². The molecule has 0 unspecified atom stereocenters. The molecular weight excluding hydrogens is 215 g/mol. The maximum absolute atomic E-state index is 13.2. The van der Waals surface area contributed by atoms with Gasteiger partial charge >= 0.3 is 6.03 Å². The third-order valence-electron chi connectivity index (χ3n) is 1.51. The van der Waals surface area contributed by atoms with Crippen LogP contribution in [0.15, 0.2) is 17.0 Å². The van der Waals surface area contributed by atoms with E-state index < -0.39 is 11.8 Å². The van der Waals surface area contributed by atoms with Crippen LogP contribution >= 0.6 is 23.5 Å². The van der Waals surface area contributed by atoms with E-state index >= 15 is 0 Å². The van der Waals surface area contributed by atoms with Gasteiger partial charge in [0.1, 0.15) is 5.82 Å². The predicted molar refractivity (Wildman–Crippen MR) is 49.4 cm³/mol. The zero-order valence-corrected chi connectivity index (χ0v) is 7.80. The monoisotopic (exact) mass is 218 g/mol. The number of carbonyl (C=O) groups is 1. The first-order valence-corrected chi connectivity index (χ1v) is 4.59. The maximum atomic E-state index is 13.2. The molecule has 0 atom stereocenters. The van der Waals surface area contributed by atoms with Crippen molar-refractivity contribution in [1.82, 2.24) is 4.72 Å². The molecule has 0 saturated carbocycles. The lowest BCUT2D eigenvalue weighted by atomic mass is 10.3. The lowest BCUT2D eigenvalue weighted by molar-refractivity contribution is 0.256. The Morgan fingerprint density at radius 3 is 3.00 bits per heavy atom. The Bertz CT molecular complexity index is 385. The number of hydrogen-bond donors (Lipinski definition) is 2. The van der Waals surface area contributed by atoms with Gasteiger partial charge in [-0.3, -0.25) is 4.72 Å². The summed E-state index contributed by atoms with van der Waals surface area (Å²) in [6.45, 7) is 0. The molecular formula is C7H4ClFN2OS. The van der Waals surface area contributed by atoms with E-state index in [-0.39, 0.29) is 5.69 Å². The number of carbonyl (C=O) groups excluding carboxylic acids is 1. The van der Waals surface area contributed by atoms with Crippen molar-refractivity contribution in [2.24, 2.45) is 0 Å². The molecule has 2 amide bonds. The summed E-state index contributed by atoms with van der Waals surface area (Å²) in [4.78, 5) is 11.4. The second-order valence-electron chi connectivity index (χ2n) is 2.42. The van der Waals surface area contributed by atoms with Crippen molar-refractivity contribution in [1.29, 1.82) is 0 Å². The van der Waals surface area contributed by atoms with Crippen LogP contribution in [-0.2, 0) is 0 Å². The summed E-state index contributed by atoms with van der Waals surface area (Å²) in [5.74, 6) is -0.523. The van der Waals surface area contributed by atoms with E-state index in [0.717, 1.165) is 18.0 Å². The molecule has 3 nitrogen and oxygen atoms in total. The van der Waals surface area contributed by atoms with Gasteiger partial charge in [-0.2, -0.15) is 0 Å². The first kappa shape index (κ1) is 8.65. The van der Waals surface area contributed by atoms with Crippen molar-refractivity contribution in [3.63, 3.8) is 0 Å². The summed E-state index contributed by atoms with van der Waals surface area (Å²) in [7, 11) is 0. The van der Waals surface area contributed by atoms with Crippen molar-refractivity contribution >= 4 is 35.3 Å². The second-order valence-corrected chi connectivity index (χ2v) is 3.70. The minimum absolute atomic E-state index is 0.179. The third kappa shape index (κ3) is 1.57. The molecule has 1 aromatic carbocycles. The number of rotatable bonds is 0. The van der Waals surface area contributed by atoms with Gasteiger partial charge in [0.05, 0.1) is 10.6 Å². The number of halogens is 2. The van der Waals surface area contributed by atoms with E-state index in [0.29, 0.717) is 9.92 Å². The van der Waals surface area contributed by atoms with E-state index in [2.05, 4.69) is 10.0 Å². The highest BCUT2D eigenvalue weighted by molar-refractivity contribution is 7.98. The Morgan fingerprint density at radius 1 is 1.46 bits per heavy atom. The van der Waals surface area contributed by atoms with Crippen molar-refractivity contribution < 1.29 is 9.18 Å². The van der Waals surface area contributed by atoms with Crippen LogP contribution in [0.2, 0.25) is 5.02 Å². The molecule has 6 heteroatoms. The number of hydrogen-bond acceptors (Lipinski definition) is 2. The summed E-state index contributed by atoms with van der Waals surface area (Å²) < 4.78 is 15.6. The lowest BCUT2D eigenvalue weighted by Gasteiger charge is -2.17. The van der Waals surface area contributed by atoms with Crippen molar-refractivity contribution in [2.45, 2.75) is 4.90 Å². The van der Waals surface area contributed by atoms with Crippen LogP contribution in [-0.4, -0.2) is 6.03 Å². The van der Waals surface area contributed by atoms with Crippen LogP contribution in [0.3, 0.4) is 0 Å². The van der Waals surface area contributed by atoms with Gasteiger partial charge in [0.25, 0.3) is 0 Å². The van der Waals surface area contributed by atoms with E-state index in [1.165, 1.54) is 0 Å². The molecule has 2 rings (SSSR count). The quantitative estimate of drug-likeness (QED) is 0.658. The van der Waals surface area contributed by atoms with E-state index in [1.54, 1.807) is 6.07 Å². The number of urea groups is 1. The number of anilines is 1. The summed E-state index contributed by atoms with van der Waals surface area (Å²) in [6.07, 6.45) is 0. The average Bonchev–Trinajstić information content (AvgIpc) is 2.06. The molecule has 13 heavy (non-hydrogen) atoms. The number of nitrogens with one attached hydrogen (secondary N) is 2. The van der Waals surface area contributed by atoms with Crippen LogP contribution in [0.1, 0.15) is 0 Å². The van der Waals surface area contributed by atoms with Crippen molar-refractivity contribution in [3.05, 3.63) is 23.0 Å². The molecule has 1 heterocycles. The summed E-state index contributed by atoms with van der Waals surface area (Å²) in [5.41, 5.74) is 0.179. The van der Waals surface area contributed by atoms with Crippen molar-refractivity contribution in [2.75, 3.05) is 5.32 Å². The Labute approximate surface area is 82.8 Å². The SMILES string of the molecule is O=C1NSc2cc(Cl)cc(F)c2N1. The molecule has 0 spiro atoms. The van der Waals surface area contributed by atoms with Gasteiger partial charge < -0.3 is 5.32 Å². The highest BCUT2D eigenvalue weighted by atomic mass is 35.5. The highest BCUT2D eigenvalue weighted by Crippen LogP contribution is 2.33. The smallest absolute Gasteiger partial charge is 0.304 e. The van der Waals surface area contributed by atoms with Crippen LogP contribution in [0.4, 0.5) is 14.9 Å². The van der Waals surface area contributed by atoms with Gasteiger partial charge in [-0.15, -0.1) is 0 Å².